The molecule has 1 heterocycles. The Kier molecular flexibility index (Phi) is 5.76. The van der Waals surface area contributed by atoms with Crippen molar-refractivity contribution in [1.29, 1.82) is 5.26 Å². The molecule has 0 spiro atoms. The highest BCUT2D eigenvalue weighted by Crippen LogP contribution is 2.20. The van der Waals surface area contributed by atoms with Crippen LogP contribution in [0.3, 0.4) is 0 Å². The molecule has 0 radical (unpaired) electrons. The monoisotopic (exact) mass is 341 g/mol. The zero-order valence-corrected chi connectivity index (χ0v) is 15.7. The number of aromatic nitrogens is 1. The van der Waals surface area contributed by atoms with Gasteiger partial charge in [-0.15, -0.1) is 0 Å². The van der Waals surface area contributed by atoms with Crippen molar-refractivity contribution >= 4 is 12.2 Å². The largest absolute Gasteiger partial charge is 0.497 e. The number of nitrogens with zero attached hydrogens (tertiary/aromatic N) is 3. The second-order valence-electron chi connectivity index (χ2n) is 6.06. The van der Waals surface area contributed by atoms with Crippen molar-refractivity contribution < 1.29 is 4.74 Å². The van der Waals surface area contributed by atoms with Crippen molar-refractivity contribution in [3.8, 4) is 11.8 Å². The summed E-state index contributed by atoms with van der Waals surface area (Å²) in [6.07, 6.45) is 0. The van der Waals surface area contributed by atoms with Gasteiger partial charge in [0.25, 0.3) is 0 Å². The van der Waals surface area contributed by atoms with E-state index >= 15 is 0 Å². The second-order valence-corrected chi connectivity index (χ2v) is 6.45. The van der Waals surface area contributed by atoms with Gasteiger partial charge in [0.05, 0.1) is 19.3 Å². The molecule has 0 saturated carbocycles. The molecule has 126 valence electrons. The van der Waals surface area contributed by atoms with Gasteiger partial charge in [0, 0.05) is 12.2 Å². The van der Waals surface area contributed by atoms with Crippen LogP contribution in [0.15, 0.2) is 24.3 Å². The maximum atomic E-state index is 9.40. The Morgan fingerprint density at radius 2 is 1.79 bits per heavy atom. The summed E-state index contributed by atoms with van der Waals surface area (Å²) in [5.74, 6) is 0.854. The molecule has 2 rings (SSSR count). The highest BCUT2D eigenvalue weighted by Gasteiger charge is 2.13. The summed E-state index contributed by atoms with van der Waals surface area (Å²) in [5, 5.41) is 9.40. The van der Waals surface area contributed by atoms with Crippen molar-refractivity contribution in [2.75, 3.05) is 14.2 Å². The molecule has 1 aromatic carbocycles. The van der Waals surface area contributed by atoms with E-state index in [2.05, 4.69) is 30.0 Å². The normalized spacial score (nSPS) is 10.7. The molecule has 0 amide bonds. The van der Waals surface area contributed by atoms with E-state index in [-0.39, 0.29) is 0 Å². The zero-order chi connectivity index (χ0) is 17.9. The number of methoxy groups -OCH3 is 1. The van der Waals surface area contributed by atoms with Crippen LogP contribution in [0.1, 0.15) is 27.9 Å². The van der Waals surface area contributed by atoms with Crippen LogP contribution < -0.4 is 4.74 Å². The summed E-state index contributed by atoms with van der Waals surface area (Å²) in [6.45, 7) is 7.50. The van der Waals surface area contributed by atoms with Gasteiger partial charge < -0.3 is 9.30 Å². The number of rotatable bonds is 5. The van der Waals surface area contributed by atoms with Crippen LogP contribution in [0.5, 0.6) is 5.75 Å². The van der Waals surface area contributed by atoms with E-state index in [1.807, 2.05) is 37.6 Å². The minimum atomic E-state index is 0.603. The molecule has 4 nitrogen and oxygen atoms in total. The number of hydrogen-bond donors (Lipinski definition) is 0. The first kappa shape index (κ1) is 18.2. The number of ether oxygens (including phenoxy) is 1. The molecule has 0 aliphatic carbocycles. The summed E-state index contributed by atoms with van der Waals surface area (Å²) < 4.78 is 7.84. The summed E-state index contributed by atoms with van der Waals surface area (Å²) in [4.78, 5) is 2.18. The van der Waals surface area contributed by atoms with Gasteiger partial charge in [0.1, 0.15) is 16.5 Å². The third-order valence-corrected chi connectivity index (χ3v) is 4.87. The molecule has 0 N–H and O–H groups in total. The maximum absolute atomic E-state index is 9.40. The van der Waals surface area contributed by atoms with Crippen LogP contribution in [-0.2, 0) is 13.2 Å². The van der Waals surface area contributed by atoms with Crippen LogP contribution in [0, 0.1) is 36.7 Å². The van der Waals surface area contributed by atoms with Crippen LogP contribution in [0.2, 0.25) is 0 Å². The molecular weight excluding hydrogens is 318 g/mol. The Morgan fingerprint density at radius 1 is 1.17 bits per heavy atom. The van der Waals surface area contributed by atoms with Crippen LogP contribution >= 0.6 is 12.2 Å². The van der Waals surface area contributed by atoms with E-state index < -0.39 is 0 Å². The first-order valence-electron chi connectivity index (χ1n) is 7.81. The minimum Gasteiger partial charge on any atom is -0.497 e. The molecule has 2 aromatic rings. The highest BCUT2D eigenvalue weighted by atomic mass is 32.1. The molecule has 0 bridgehead atoms. The van der Waals surface area contributed by atoms with Crippen LogP contribution in [-0.4, -0.2) is 23.6 Å². The van der Waals surface area contributed by atoms with Gasteiger partial charge >= 0.3 is 0 Å². The van der Waals surface area contributed by atoms with Crippen LogP contribution in [0.25, 0.3) is 0 Å². The standard InChI is InChI=1S/C19H23N3OS/c1-13-14(2)18(10-20)19(24)22(15(13)3)12-21(4)11-16-6-8-17(23-5)9-7-16/h6-9H,11-12H2,1-5H3. The van der Waals surface area contributed by atoms with Gasteiger partial charge in [-0.2, -0.15) is 5.26 Å². The van der Waals surface area contributed by atoms with E-state index in [9.17, 15) is 5.26 Å². The molecule has 0 atom stereocenters. The van der Waals surface area contributed by atoms with Gasteiger partial charge in [0.15, 0.2) is 0 Å². The SMILES string of the molecule is COc1ccc(CN(C)Cn2c(C)c(C)c(C)c(C#N)c2=S)cc1. The van der Waals surface area contributed by atoms with Gasteiger partial charge in [-0.3, -0.25) is 4.90 Å². The fourth-order valence-electron chi connectivity index (χ4n) is 2.74. The van der Waals surface area contributed by atoms with Crippen molar-refractivity contribution in [2.24, 2.45) is 0 Å². The average molecular weight is 341 g/mol. The Labute approximate surface area is 148 Å². The summed E-state index contributed by atoms with van der Waals surface area (Å²) in [6, 6.07) is 10.3. The number of benzene rings is 1. The number of pyridine rings is 1. The molecular formula is C19H23N3OS. The molecule has 24 heavy (non-hydrogen) atoms. The van der Waals surface area contributed by atoms with Crippen molar-refractivity contribution in [2.45, 2.75) is 34.0 Å². The average Bonchev–Trinajstić information content (AvgIpc) is 2.58. The van der Waals surface area contributed by atoms with E-state index in [0.717, 1.165) is 29.1 Å². The van der Waals surface area contributed by atoms with Gasteiger partial charge in [-0.05, 0) is 56.6 Å². The Hall–Kier alpha value is -2.16. The van der Waals surface area contributed by atoms with Crippen LogP contribution in [0.4, 0.5) is 0 Å². The fourth-order valence-corrected chi connectivity index (χ4v) is 3.14. The predicted octanol–water partition coefficient (Wildman–Crippen LogP) is 4.11. The molecule has 0 unspecified atom stereocenters. The first-order chi connectivity index (χ1) is 11.4. The fraction of sp³-hybridized carbons (Fsp3) is 0.368. The lowest BCUT2D eigenvalue weighted by Gasteiger charge is -2.23. The summed E-state index contributed by atoms with van der Waals surface area (Å²) in [5.41, 5.74) is 5.02. The maximum Gasteiger partial charge on any atom is 0.125 e. The quantitative estimate of drug-likeness (QED) is 0.767. The third-order valence-electron chi connectivity index (χ3n) is 4.45. The Morgan fingerprint density at radius 3 is 2.33 bits per heavy atom. The summed E-state index contributed by atoms with van der Waals surface area (Å²) in [7, 11) is 3.71. The third kappa shape index (κ3) is 3.66. The predicted molar refractivity (Wildman–Crippen MR) is 98.7 cm³/mol. The molecule has 0 aliphatic rings. The Balaban J connectivity index is 2.25. The molecule has 1 aromatic heterocycles. The minimum absolute atomic E-state index is 0.603. The highest BCUT2D eigenvalue weighted by molar-refractivity contribution is 7.71. The van der Waals surface area contributed by atoms with Gasteiger partial charge in [-0.25, -0.2) is 0 Å². The van der Waals surface area contributed by atoms with Crippen molar-refractivity contribution in [3.63, 3.8) is 0 Å². The molecule has 0 saturated heterocycles. The smallest absolute Gasteiger partial charge is 0.125 e. The lowest BCUT2D eigenvalue weighted by atomic mass is 10.0. The lowest BCUT2D eigenvalue weighted by Crippen LogP contribution is -2.24. The summed E-state index contributed by atoms with van der Waals surface area (Å²) >= 11 is 5.54. The molecule has 0 aliphatic heterocycles. The Bertz CT molecular complexity index is 832. The first-order valence-corrected chi connectivity index (χ1v) is 8.22. The lowest BCUT2D eigenvalue weighted by molar-refractivity contribution is 0.255. The van der Waals surface area contributed by atoms with E-state index in [1.165, 1.54) is 5.56 Å². The second kappa shape index (κ2) is 7.61. The van der Waals surface area contributed by atoms with Crippen molar-refractivity contribution in [3.05, 3.63) is 56.9 Å². The van der Waals surface area contributed by atoms with Gasteiger partial charge in [-0.1, -0.05) is 24.4 Å². The molecule has 5 heteroatoms. The number of nitriles is 1. The number of hydrogen-bond acceptors (Lipinski definition) is 4. The van der Waals surface area contributed by atoms with Gasteiger partial charge in [0.2, 0.25) is 0 Å². The molecule has 0 fully saturated rings. The topological polar surface area (TPSA) is 41.2 Å². The van der Waals surface area contributed by atoms with E-state index in [0.29, 0.717) is 16.9 Å². The van der Waals surface area contributed by atoms with Crippen molar-refractivity contribution in [1.82, 2.24) is 9.47 Å². The van der Waals surface area contributed by atoms with E-state index in [4.69, 9.17) is 17.0 Å². The van der Waals surface area contributed by atoms with E-state index in [1.54, 1.807) is 7.11 Å². The zero-order valence-electron chi connectivity index (χ0n) is 14.9.